The number of ether oxygens (including phenoxy) is 2. The van der Waals surface area contributed by atoms with Crippen molar-refractivity contribution in [2.45, 2.75) is 45.1 Å². The Hall–Kier alpha value is -1.59. The van der Waals surface area contributed by atoms with Gasteiger partial charge in [0.2, 0.25) is 0 Å². The number of piperidine rings is 1. The molecule has 0 saturated carbocycles. The number of carbonyl (C=O) groups excluding carboxylic acids is 1. The number of likely N-dealkylation sites (tertiary alicyclic amines) is 1. The second-order valence-corrected chi connectivity index (χ2v) is 6.42. The molecule has 0 spiro atoms. The molecule has 1 aromatic carbocycles. The van der Waals surface area contributed by atoms with Crippen LogP contribution in [0.2, 0.25) is 0 Å². The smallest absolute Gasteiger partial charge is 0.257 e. The summed E-state index contributed by atoms with van der Waals surface area (Å²) in [7, 11) is 1.71. The summed E-state index contributed by atoms with van der Waals surface area (Å²) in [6.45, 7) is 4.62. The van der Waals surface area contributed by atoms with Crippen LogP contribution in [0, 0.1) is 6.92 Å². The number of methoxy groups -OCH3 is 1. The van der Waals surface area contributed by atoms with Crippen LogP contribution >= 0.6 is 0 Å². The molecule has 1 fully saturated rings. The number of rotatable bonds is 8. The number of hydrogen-bond donors (Lipinski definition) is 1. The zero-order valence-corrected chi connectivity index (χ0v) is 14.9. The highest BCUT2D eigenvalue weighted by Crippen LogP contribution is 2.27. The van der Waals surface area contributed by atoms with Crippen molar-refractivity contribution < 1.29 is 14.3 Å². The van der Waals surface area contributed by atoms with Gasteiger partial charge in [0.1, 0.15) is 5.75 Å². The number of carbonyl (C=O) groups is 1. The molecule has 1 unspecified atom stereocenters. The molecule has 5 nitrogen and oxygen atoms in total. The lowest BCUT2D eigenvalue weighted by atomic mass is 9.98. The Labute approximate surface area is 145 Å². The van der Waals surface area contributed by atoms with Crippen LogP contribution < -0.4 is 10.5 Å². The first kappa shape index (κ1) is 18.7. The number of nitrogens with zero attached hydrogens (tertiary/aromatic N) is 1. The van der Waals surface area contributed by atoms with Gasteiger partial charge in [-0.15, -0.1) is 0 Å². The van der Waals surface area contributed by atoms with Crippen molar-refractivity contribution in [1.29, 1.82) is 0 Å². The largest absolute Gasteiger partial charge is 0.493 e. The number of hydrogen-bond acceptors (Lipinski definition) is 4. The van der Waals surface area contributed by atoms with Gasteiger partial charge in [0.25, 0.3) is 5.91 Å². The predicted molar refractivity (Wildman–Crippen MR) is 95.5 cm³/mol. The summed E-state index contributed by atoms with van der Waals surface area (Å²) < 4.78 is 11.0. The summed E-state index contributed by atoms with van der Waals surface area (Å²) in [5.41, 5.74) is 7.28. The average Bonchev–Trinajstić information content (AvgIpc) is 2.60. The molecule has 1 atom stereocenters. The maximum atomic E-state index is 13.1. The lowest BCUT2D eigenvalue weighted by molar-refractivity contribution is 0.0549. The van der Waals surface area contributed by atoms with Gasteiger partial charge in [-0.1, -0.05) is 6.07 Å². The first-order chi connectivity index (χ1) is 11.7. The van der Waals surface area contributed by atoms with Gasteiger partial charge in [0, 0.05) is 26.3 Å². The van der Waals surface area contributed by atoms with Crippen molar-refractivity contribution in [3.63, 3.8) is 0 Å². The van der Waals surface area contributed by atoms with Crippen LogP contribution in [0.15, 0.2) is 18.2 Å². The summed E-state index contributed by atoms with van der Waals surface area (Å²) in [5.74, 6) is 0.739. The molecule has 1 amide bonds. The lowest BCUT2D eigenvalue weighted by Gasteiger charge is -2.36. The zero-order valence-electron chi connectivity index (χ0n) is 14.9. The highest BCUT2D eigenvalue weighted by atomic mass is 16.5. The van der Waals surface area contributed by atoms with Gasteiger partial charge in [-0.3, -0.25) is 4.79 Å². The molecular formula is C19H30N2O3. The van der Waals surface area contributed by atoms with E-state index in [9.17, 15) is 4.79 Å². The Morgan fingerprint density at radius 1 is 1.33 bits per heavy atom. The quantitative estimate of drug-likeness (QED) is 0.743. The van der Waals surface area contributed by atoms with Crippen molar-refractivity contribution in [2.75, 3.05) is 33.4 Å². The highest BCUT2D eigenvalue weighted by molar-refractivity contribution is 5.97. The molecule has 134 valence electrons. The van der Waals surface area contributed by atoms with Crippen LogP contribution in [-0.4, -0.2) is 50.3 Å². The fourth-order valence-corrected chi connectivity index (χ4v) is 3.17. The van der Waals surface area contributed by atoms with E-state index < -0.39 is 0 Å². The van der Waals surface area contributed by atoms with Gasteiger partial charge in [0.15, 0.2) is 0 Å². The van der Waals surface area contributed by atoms with Crippen LogP contribution in [0.3, 0.4) is 0 Å². The molecule has 2 rings (SSSR count). The van der Waals surface area contributed by atoms with E-state index in [4.69, 9.17) is 15.2 Å². The fourth-order valence-electron chi connectivity index (χ4n) is 3.17. The third kappa shape index (κ3) is 4.95. The Bertz CT molecular complexity index is 533. The van der Waals surface area contributed by atoms with E-state index in [0.717, 1.165) is 37.8 Å². The van der Waals surface area contributed by atoms with Crippen molar-refractivity contribution in [3.05, 3.63) is 29.3 Å². The molecule has 24 heavy (non-hydrogen) atoms. The second-order valence-electron chi connectivity index (χ2n) is 6.42. The van der Waals surface area contributed by atoms with Gasteiger partial charge in [-0.25, -0.2) is 0 Å². The van der Waals surface area contributed by atoms with E-state index in [1.54, 1.807) is 7.11 Å². The van der Waals surface area contributed by atoms with Crippen LogP contribution in [-0.2, 0) is 4.74 Å². The molecule has 5 heteroatoms. The van der Waals surface area contributed by atoms with E-state index in [1.807, 2.05) is 30.0 Å². The third-order valence-electron chi connectivity index (χ3n) is 4.52. The van der Waals surface area contributed by atoms with Crippen molar-refractivity contribution >= 4 is 5.91 Å². The van der Waals surface area contributed by atoms with E-state index in [0.29, 0.717) is 31.1 Å². The normalized spacial score (nSPS) is 17.8. The van der Waals surface area contributed by atoms with Crippen LogP contribution in [0.5, 0.6) is 5.75 Å². The van der Waals surface area contributed by atoms with E-state index in [-0.39, 0.29) is 11.9 Å². The van der Waals surface area contributed by atoms with E-state index in [2.05, 4.69) is 0 Å². The Morgan fingerprint density at radius 3 is 2.92 bits per heavy atom. The fraction of sp³-hybridized carbons (Fsp3) is 0.632. The van der Waals surface area contributed by atoms with Gasteiger partial charge in [0.05, 0.1) is 12.2 Å². The minimum atomic E-state index is 0.0681. The highest BCUT2D eigenvalue weighted by Gasteiger charge is 2.28. The topological polar surface area (TPSA) is 64.8 Å². The molecule has 1 saturated heterocycles. The van der Waals surface area contributed by atoms with Crippen LogP contribution in [0.1, 0.15) is 48.0 Å². The summed E-state index contributed by atoms with van der Waals surface area (Å²) >= 11 is 0. The summed E-state index contributed by atoms with van der Waals surface area (Å²) in [4.78, 5) is 15.1. The van der Waals surface area contributed by atoms with Crippen molar-refractivity contribution in [1.82, 2.24) is 4.90 Å². The summed E-state index contributed by atoms with van der Waals surface area (Å²) in [6, 6.07) is 6.05. The number of aryl methyl sites for hydroxylation is 1. The van der Waals surface area contributed by atoms with Gasteiger partial charge >= 0.3 is 0 Å². The van der Waals surface area contributed by atoms with Gasteiger partial charge < -0.3 is 20.1 Å². The summed E-state index contributed by atoms with van der Waals surface area (Å²) in [5, 5.41) is 0. The van der Waals surface area contributed by atoms with E-state index >= 15 is 0 Å². The molecule has 0 bridgehead atoms. The molecule has 0 aliphatic carbocycles. The molecule has 2 N–H and O–H groups in total. The molecule has 0 aromatic heterocycles. The molecule has 1 heterocycles. The number of benzene rings is 1. The number of nitrogens with two attached hydrogens (primary N) is 1. The van der Waals surface area contributed by atoms with Crippen molar-refractivity contribution in [2.24, 2.45) is 5.73 Å². The maximum Gasteiger partial charge on any atom is 0.257 e. The molecule has 1 aliphatic heterocycles. The van der Waals surface area contributed by atoms with Gasteiger partial charge in [-0.2, -0.15) is 0 Å². The number of amides is 1. The Morgan fingerprint density at radius 2 is 2.17 bits per heavy atom. The zero-order chi connectivity index (χ0) is 17.4. The first-order valence-electron chi connectivity index (χ1n) is 8.90. The average molecular weight is 334 g/mol. The Kier molecular flexibility index (Phi) is 7.53. The van der Waals surface area contributed by atoms with Crippen molar-refractivity contribution in [3.8, 4) is 5.75 Å². The summed E-state index contributed by atoms with van der Waals surface area (Å²) in [6.07, 6.45) is 4.94. The van der Waals surface area contributed by atoms with Gasteiger partial charge in [-0.05, 0) is 63.3 Å². The lowest BCUT2D eigenvalue weighted by Crippen LogP contribution is -2.44. The maximum absolute atomic E-state index is 13.1. The standard InChI is InChI=1S/C19H30N2O3/c1-15-7-8-17(18(14-15)24-12-5-10-20)19(22)21-11-4-3-6-16(21)9-13-23-2/h7-8,14,16H,3-6,9-13,20H2,1-2H3. The third-order valence-corrected chi connectivity index (χ3v) is 4.52. The minimum absolute atomic E-state index is 0.0681. The van der Waals surface area contributed by atoms with Crippen LogP contribution in [0.25, 0.3) is 0 Å². The molecule has 1 aliphatic rings. The molecular weight excluding hydrogens is 304 g/mol. The minimum Gasteiger partial charge on any atom is -0.493 e. The first-order valence-corrected chi connectivity index (χ1v) is 8.90. The SMILES string of the molecule is COCCC1CCCCN1C(=O)c1ccc(C)cc1OCCCN. The second kappa shape index (κ2) is 9.64. The van der Waals surface area contributed by atoms with E-state index in [1.165, 1.54) is 6.42 Å². The monoisotopic (exact) mass is 334 g/mol. The Balaban J connectivity index is 2.17. The predicted octanol–water partition coefficient (Wildman–Crippen LogP) is 2.75. The van der Waals surface area contributed by atoms with Crippen LogP contribution in [0.4, 0.5) is 0 Å². The molecule has 0 radical (unpaired) electrons. The molecule has 1 aromatic rings.